The standard InChI is InChI=1S/C11H20N2O2/c1-4-5-8(2)13-11(14)10-6-9(15-3)7-12-10/h4,8-10,12H,1,5-7H2,2-3H3,(H,13,14). The van der Waals surface area contributed by atoms with Crippen molar-refractivity contribution in [2.45, 2.75) is 38.0 Å². The molecule has 86 valence electrons. The van der Waals surface area contributed by atoms with Crippen LogP contribution in [0.1, 0.15) is 19.8 Å². The number of hydrogen-bond donors (Lipinski definition) is 2. The lowest BCUT2D eigenvalue weighted by Crippen LogP contribution is -2.44. The first-order valence-electron chi connectivity index (χ1n) is 5.34. The first-order chi connectivity index (χ1) is 7.17. The largest absolute Gasteiger partial charge is 0.380 e. The van der Waals surface area contributed by atoms with E-state index in [4.69, 9.17) is 4.74 Å². The van der Waals surface area contributed by atoms with Crippen LogP contribution in [0.4, 0.5) is 0 Å². The fourth-order valence-electron chi connectivity index (χ4n) is 1.73. The van der Waals surface area contributed by atoms with Crippen LogP contribution in [-0.4, -0.2) is 37.7 Å². The van der Waals surface area contributed by atoms with E-state index >= 15 is 0 Å². The molecule has 1 amide bonds. The molecule has 1 aliphatic rings. The van der Waals surface area contributed by atoms with Gasteiger partial charge in [0.15, 0.2) is 0 Å². The molecular formula is C11H20N2O2. The molecular weight excluding hydrogens is 192 g/mol. The van der Waals surface area contributed by atoms with Crippen molar-refractivity contribution in [3.05, 3.63) is 12.7 Å². The number of carbonyl (C=O) groups excluding carboxylic acids is 1. The molecule has 0 aliphatic carbocycles. The minimum absolute atomic E-state index is 0.0592. The Morgan fingerprint density at radius 3 is 3.07 bits per heavy atom. The lowest BCUT2D eigenvalue weighted by atomic mass is 10.1. The highest BCUT2D eigenvalue weighted by atomic mass is 16.5. The summed E-state index contributed by atoms with van der Waals surface area (Å²) in [5, 5.41) is 6.08. The molecule has 3 atom stereocenters. The SMILES string of the molecule is C=CCC(C)NC(=O)C1CC(OC)CN1. The molecule has 0 aromatic carbocycles. The number of methoxy groups -OCH3 is 1. The van der Waals surface area contributed by atoms with Crippen LogP contribution in [0.15, 0.2) is 12.7 Å². The van der Waals surface area contributed by atoms with Crippen LogP contribution in [0.3, 0.4) is 0 Å². The Morgan fingerprint density at radius 2 is 2.53 bits per heavy atom. The summed E-state index contributed by atoms with van der Waals surface area (Å²) in [6.07, 6.45) is 3.52. The summed E-state index contributed by atoms with van der Waals surface area (Å²) < 4.78 is 5.19. The zero-order valence-corrected chi connectivity index (χ0v) is 9.45. The Kier molecular flexibility index (Phi) is 4.78. The molecule has 4 heteroatoms. The van der Waals surface area contributed by atoms with Gasteiger partial charge in [-0.3, -0.25) is 4.79 Å². The average molecular weight is 212 g/mol. The smallest absolute Gasteiger partial charge is 0.237 e. The van der Waals surface area contributed by atoms with Gasteiger partial charge in [0.1, 0.15) is 0 Å². The predicted molar refractivity (Wildman–Crippen MR) is 59.6 cm³/mol. The van der Waals surface area contributed by atoms with Crippen LogP contribution in [0.2, 0.25) is 0 Å². The van der Waals surface area contributed by atoms with E-state index in [0.29, 0.717) is 0 Å². The van der Waals surface area contributed by atoms with Crippen molar-refractivity contribution >= 4 is 5.91 Å². The Labute approximate surface area is 91.1 Å². The third kappa shape index (κ3) is 3.64. The zero-order chi connectivity index (χ0) is 11.3. The van der Waals surface area contributed by atoms with E-state index in [-0.39, 0.29) is 24.1 Å². The maximum absolute atomic E-state index is 11.7. The van der Waals surface area contributed by atoms with Crippen molar-refractivity contribution in [2.24, 2.45) is 0 Å². The van der Waals surface area contributed by atoms with E-state index in [2.05, 4.69) is 17.2 Å². The number of ether oxygens (including phenoxy) is 1. The van der Waals surface area contributed by atoms with Gasteiger partial charge in [-0.25, -0.2) is 0 Å². The van der Waals surface area contributed by atoms with Crippen LogP contribution >= 0.6 is 0 Å². The van der Waals surface area contributed by atoms with Crippen molar-refractivity contribution in [1.29, 1.82) is 0 Å². The van der Waals surface area contributed by atoms with Crippen LogP contribution in [-0.2, 0) is 9.53 Å². The van der Waals surface area contributed by atoms with Crippen molar-refractivity contribution in [1.82, 2.24) is 10.6 Å². The van der Waals surface area contributed by atoms with Gasteiger partial charge in [0, 0.05) is 19.7 Å². The normalized spacial score (nSPS) is 27.3. The number of rotatable bonds is 5. The summed E-state index contributed by atoms with van der Waals surface area (Å²) in [5.41, 5.74) is 0. The number of nitrogens with one attached hydrogen (secondary N) is 2. The van der Waals surface area contributed by atoms with Gasteiger partial charge in [-0.15, -0.1) is 6.58 Å². The highest BCUT2D eigenvalue weighted by Gasteiger charge is 2.29. The molecule has 1 aliphatic heterocycles. The quantitative estimate of drug-likeness (QED) is 0.650. The minimum Gasteiger partial charge on any atom is -0.380 e. The van der Waals surface area contributed by atoms with Gasteiger partial charge in [-0.2, -0.15) is 0 Å². The Morgan fingerprint density at radius 1 is 1.80 bits per heavy atom. The molecule has 3 unspecified atom stereocenters. The summed E-state index contributed by atoms with van der Waals surface area (Å²) in [7, 11) is 1.67. The van der Waals surface area contributed by atoms with Crippen LogP contribution in [0, 0.1) is 0 Å². The summed E-state index contributed by atoms with van der Waals surface area (Å²) in [4.78, 5) is 11.7. The molecule has 0 aromatic heterocycles. The van der Waals surface area contributed by atoms with Gasteiger partial charge in [0.05, 0.1) is 12.1 Å². The van der Waals surface area contributed by atoms with Crippen molar-refractivity contribution in [3.63, 3.8) is 0 Å². The Balaban J connectivity index is 2.31. The second-order valence-corrected chi connectivity index (χ2v) is 3.99. The fourth-order valence-corrected chi connectivity index (χ4v) is 1.73. The van der Waals surface area contributed by atoms with Gasteiger partial charge < -0.3 is 15.4 Å². The highest BCUT2D eigenvalue weighted by Crippen LogP contribution is 2.09. The van der Waals surface area contributed by atoms with Crippen LogP contribution in [0.5, 0.6) is 0 Å². The predicted octanol–water partition coefficient (Wildman–Crippen LogP) is 0.444. The fraction of sp³-hybridized carbons (Fsp3) is 0.727. The monoisotopic (exact) mass is 212 g/mol. The summed E-state index contributed by atoms with van der Waals surface area (Å²) in [6.45, 7) is 6.37. The summed E-state index contributed by atoms with van der Waals surface area (Å²) in [5.74, 6) is 0.0592. The topological polar surface area (TPSA) is 50.4 Å². The van der Waals surface area contributed by atoms with E-state index < -0.39 is 0 Å². The van der Waals surface area contributed by atoms with Gasteiger partial charge in [0.2, 0.25) is 5.91 Å². The molecule has 4 nitrogen and oxygen atoms in total. The first-order valence-corrected chi connectivity index (χ1v) is 5.34. The lowest BCUT2D eigenvalue weighted by Gasteiger charge is -2.15. The van der Waals surface area contributed by atoms with Crippen LogP contribution < -0.4 is 10.6 Å². The molecule has 1 rings (SSSR count). The third-order valence-electron chi connectivity index (χ3n) is 2.65. The molecule has 1 saturated heterocycles. The third-order valence-corrected chi connectivity index (χ3v) is 2.65. The zero-order valence-electron chi connectivity index (χ0n) is 9.45. The van der Waals surface area contributed by atoms with Crippen molar-refractivity contribution < 1.29 is 9.53 Å². The second-order valence-electron chi connectivity index (χ2n) is 3.99. The van der Waals surface area contributed by atoms with Gasteiger partial charge in [-0.05, 0) is 19.8 Å². The minimum atomic E-state index is -0.109. The maximum atomic E-state index is 11.7. The van der Waals surface area contributed by atoms with Crippen LogP contribution in [0.25, 0.3) is 0 Å². The first kappa shape index (κ1) is 12.2. The van der Waals surface area contributed by atoms with E-state index in [1.165, 1.54) is 0 Å². The molecule has 0 saturated carbocycles. The van der Waals surface area contributed by atoms with Crippen molar-refractivity contribution in [2.75, 3.05) is 13.7 Å². The molecule has 15 heavy (non-hydrogen) atoms. The summed E-state index contributed by atoms with van der Waals surface area (Å²) >= 11 is 0. The molecule has 0 bridgehead atoms. The maximum Gasteiger partial charge on any atom is 0.237 e. The van der Waals surface area contributed by atoms with E-state index in [1.54, 1.807) is 7.11 Å². The number of carbonyl (C=O) groups is 1. The van der Waals surface area contributed by atoms with E-state index in [0.717, 1.165) is 19.4 Å². The molecule has 1 heterocycles. The summed E-state index contributed by atoms with van der Waals surface area (Å²) in [6, 6.07) is 0.0422. The van der Waals surface area contributed by atoms with Gasteiger partial charge >= 0.3 is 0 Å². The molecule has 2 N–H and O–H groups in total. The Bertz CT molecular complexity index is 231. The molecule has 0 radical (unpaired) electrons. The number of amides is 1. The van der Waals surface area contributed by atoms with Crippen molar-refractivity contribution in [3.8, 4) is 0 Å². The number of hydrogen-bond acceptors (Lipinski definition) is 3. The molecule has 0 spiro atoms. The van der Waals surface area contributed by atoms with Gasteiger partial charge in [-0.1, -0.05) is 6.08 Å². The van der Waals surface area contributed by atoms with Gasteiger partial charge in [0.25, 0.3) is 0 Å². The Hall–Kier alpha value is -0.870. The highest BCUT2D eigenvalue weighted by molar-refractivity contribution is 5.82. The second kappa shape index (κ2) is 5.88. The average Bonchev–Trinajstić information content (AvgIpc) is 2.66. The lowest BCUT2D eigenvalue weighted by molar-refractivity contribution is -0.123. The van der Waals surface area contributed by atoms with E-state index in [9.17, 15) is 4.79 Å². The molecule has 0 aromatic rings. The van der Waals surface area contributed by atoms with E-state index in [1.807, 2.05) is 13.0 Å². The molecule has 1 fully saturated rings.